The summed E-state index contributed by atoms with van der Waals surface area (Å²) < 4.78 is 93.9. The zero-order valence-electron chi connectivity index (χ0n) is 28.4. The predicted molar refractivity (Wildman–Crippen MR) is 180 cm³/mol. The van der Waals surface area contributed by atoms with Gasteiger partial charge in [0.15, 0.2) is 0 Å². The second kappa shape index (κ2) is 14.2. The van der Waals surface area contributed by atoms with Crippen molar-refractivity contribution in [2.24, 2.45) is 17.8 Å². The maximum absolute atomic E-state index is 14.1. The van der Waals surface area contributed by atoms with Gasteiger partial charge in [-0.1, -0.05) is 6.07 Å². The molecule has 274 valence electrons. The molecule has 2 N–H and O–H groups in total. The standard InChI is InChI=1S/C37H35BF6N2O6/c1-19-10-21(11-20(2)33(19)47)12-22(29-6-4-5-9-45-29)7-8-30-31-23(18-51-3)13-27-32(28(31)17-38(50)52-30)35(49)46(34(27)48)26-15-24(36(39,40)41)14-25(16-26)37(42,43)44/h4-6,9-12,14-16,27-28,30,32,47,50H,7-8,13,17-18H2,1-3H3/b22-12-/t27-,28+,30-,32-/m1/s1. The number of carbonyl (C=O) groups excluding carboxylic acids is 2. The topological polar surface area (TPSA) is 109 Å². The Morgan fingerprint density at radius 2 is 1.65 bits per heavy atom. The molecule has 52 heavy (non-hydrogen) atoms. The Balaban J connectivity index is 1.36. The van der Waals surface area contributed by atoms with Gasteiger partial charge in [0.25, 0.3) is 0 Å². The average Bonchev–Trinajstić information content (AvgIpc) is 3.33. The number of pyridine rings is 1. The monoisotopic (exact) mass is 728 g/mol. The highest BCUT2D eigenvalue weighted by molar-refractivity contribution is 6.43. The van der Waals surface area contributed by atoms with Crippen LogP contribution in [0.4, 0.5) is 32.0 Å². The fourth-order valence-corrected chi connectivity index (χ4v) is 7.78. The van der Waals surface area contributed by atoms with E-state index < -0.39 is 72.0 Å². The summed E-state index contributed by atoms with van der Waals surface area (Å²) >= 11 is 0. The van der Waals surface area contributed by atoms with E-state index in [1.54, 1.807) is 26.1 Å². The molecule has 0 saturated carbocycles. The predicted octanol–water partition coefficient (Wildman–Crippen LogP) is 7.41. The van der Waals surface area contributed by atoms with Crippen LogP contribution in [-0.2, 0) is 31.3 Å². The molecule has 1 aromatic heterocycles. The molecule has 0 bridgehead atoms. The van der Waals surface area contributed by atoms with E-state index in [0.29, 0.717) is 51.4 Å². The molecule has 3 aliphatic rings. The SMILES string of the molecule is COCC1=C2[C@@H](CC/C(=C/c3cc(C)c(O)c(C)c3)c3ccccn3)OB(O)C[C@@H]2[C@@H]2C(=O)N(c3cc(C(F)(F)F)cc(C(F)(F)F)c3)C(=O)[C@@H]2C1. The Morgan fingerprint density at radius 3 is 2.23 bits per heavy atom. The van der Waals surface area contributed by atoms with E-state index in [9.17, 15) is 46.1 Å². The number of carbonyl (C=O) groups is 2. The number of nitrogens with zero attached hydrogens (tertiary/aromatic N) is 2. The molecule has 8 nitrogen and oxygen atoms in total. The maximum atomic E-state index is 14.1. The lowest BCUT2D eigenvalue weighted by atomic mass is 9.58. The van der Waals surface area contributed by atoms with Crippen molar-refractivity contribution in [3.63, 3.8) is 0 Å². The molecule has 0 radical (unpaired) electrons. The number of methoxy groups -OCH3 is 1. The zero-order chi connectivity index (χ0) is 37.7. The van der Waals surface area contributed by atoms with Crippen molar-refractivity contribution in [2.75, 3.05) is 18.6 Å². The van der Waals surface area contributed by atoms with Crippen LogP contribution in [-0.4, -0.2) is 53.9 Å². The van der Waals surface area contributed by atoms with Crippen molar-refractivity contribution >= 4 is 36.3 Å². The van der Waals surface area contributed by atoms with Crippen molar-refractivity contribution in [1.29, 1.82) is 0 Å². The number of phenolic OH excluding ortho intramolecular Hbond substituents is 1. The molecule has 3 heterocycles. The summed E-state index contributed by atoms with van der Waals surface area (Å²) in [6.07, 6.45) is -7.10. The summed E-state index contributed by atoms with van der Waals surface area (Å²) in [5, 5.41) is 21.3. The van der Waals surface area contributed by atoms with Crippen LogP contribution in [0.2, 0.25) is 6.32 Å². The molecule has 2 amide bonds. The zero-order valence-corrected chi connectivity index (χ0v) is 28.4. The number of ether oxygens (including phenoxy) is 1. The third-order valence-corrected chi connectivity index (χ3v) is 9.98. The Morgan fingerprint density at radius 1 is 1.00 bits per heavy atom. The smallest absolute Gasteiger partial charge is 0.455 e. The number of aryl methyl sites for hydroxylation is 2. The lowest BCUT2D eigenvalue weighted by Gasteiger charge is -2.43. The molecular weight excluding hydrogens is 693 g/mol. The third-order valence-electron chi connectivity index (χ3n) is 9.98. The molecule has 2 saturated heterocycles. The van der Waals surface area contributed by atoms with Crippen molar-refractivity contribution < 1.29 is 55.5 Å². The van der Waals surface area contributed by atoms with Crippen LogP contribution in [0.1, 0.15) is 52.8 Å². The number of hydrogen-bond donors (Lipinski definition) is 2. The Labute approximate surface area is 295 Å². The molecule has 2 aliphatic heterocycles. The Hall–Kier alpha value is -4.47. The van der Waals surface area contributed by atoms with Crippen molar-refractivity contribution in [2.45, 2.75) is 57.9 Å². The molecule has 0 spiro atoms. The van der Waals surface area contributed by atoms with Gasteiger partial charge in [-0.15, -0.1) is 0 Å². The summed E-state index contributed by atoms with van der Waals surface area (Å²) in [6.45, 7) is 3.59. The van der Waals surface area contributed by atoms with Gasteiger partial charge < -0.3 is 19.5 Å². The number of aromatic nitrogens is 1. The van der Waals surface area contributed by atoms with Crippen molar-refractivity contribution in [3.05, 3.63) is 99.4 Å². The van der Waals surface area contributed by atoms with Gasteiger partial charge in [0.1, 0.15) is 5.75 Å². The number of phenols is 1. The molecule has 4 atom stereocenters. The number of rotatable bonds is 8. The van der Waals surface area contributed by atoms with Gasteiger partial charge in [0.2, 0.25) is 11.8 Å². The number of alkyl halides is 6. The molecular formula is C37H35BF6N2O6. The largest absolute Gasteiger partial charge is 0.507 e. The molecule has 3 aromatic rings. The van der Waals surface area contributed by atoms with Gasteiger partial charge in [0.05, 0.1) is 47.1 Å². The molecule has 2 fully saturated rings. The first-order chi connectivity index (χ1) is 24.5. The van der Waals surface area contributed by atoms with Crippen LogP contribution in [0, 0.1) is 31.6 Å². The highest BCUT2D eigenvalue weighted by atomic mass is 19.4. The first-order valence-corrected chi connectivity index (χ1v) is 16.6. The van der Waals surface area contributed by atoms with Gasteiger partial charge in [-0.05, 0) is 127 Å². The molecule has 1 aliphatic carbocycles. The second-order valence-corrected chi connectivity index (χ2v) is 13.5. The first-order valence-electron chi connectivity index (χ1n) is 16.6. The minimum Gasteiger partial charge on any atom is -0.507 e. The number of benzene rings is 2. The fraction of sp³-hybridized carbons (Fsp3) is 0.378. The summed E-state index contributed by atoms with van der Waals surface area (Å²) in [5.41, 5.74) is 0.758. The Bertz CT molecular complexity index is 1890. The Kier molecular flexibility index (Phi) is 10.2. The van der Waals surface area contributed by atoms with Gasteiger partial charge in [-0.3, -0.25) is 14.6 Å². The van der Waals surface area contributed by atoms with Crippen LogP contribution < -0.4 is 4.90 Å². The molecule has 2 aromatic carbocycles. The summed E-state index contributed by atoms with van der Waals surface area (Å²) in [6, 6.07) is 9.79. The van der Waals surface area contributed by atoms with E-state index in [1.165, 1.54) is 7.11 Å². The van der Waals surface area contributed by atoms with Crippen LogP contribution in [0.5, 0.6) is 5.75 Å². The van der Waals surface area contributed by atoms with E-state index >= 15 is 0 Å². The number of halogens is 6. The van der Waals surface area contributed by atoms with Gasteiger partial charge in [-0.2, -0.15) is 26.3 Å². The van der Waals surface area contributed by atoms with Crippen molar-refractivity contribution in [1.82, 2.24) is 4.98 Å². The highest BCUT2D eigenvalue weighted by Gasteiger charge is 2.58. The number of amides is 2. The van der Waals surface area contributed by atoms with Crippen LogP contribution in [0.15, 0.2) is 65.9 Å². The van der Waals surface area contributed by atoms with E-state index in [0.717, 1.165) is 11.1 Å². The van der Waals surface area contributed by atoms with Crippen LogP contribution >= 0.6 is 0 Å². The van der Waals surface area contributed by atoms with Crippen LogP contribution in [0.3, 0.4) is 0 Å². The van der Waals surface area contributed by atoms with Crippen LogP contribution in [0.25, 0.3) is 11.6 Å². The first kappa shape index (κ1) is 37.3. The highest BCUT2D eigenvalue weighted by Crippen LogP contribution is 2.52. The quantitative estimate of drug-likeness (QED) is 0.108. The minimum absolute atomic E-state index is 0.0171. The van der Waals surface area contributed by atoms with Gasteiger partial charge in [-0.25, -0.2) is 4.90 Å². The van der Waals surface area contributed by atoms with E-state index in [1.807, 2.05) is 30.3 Å². The lowest BCUT2D eigenvalue weighted by molar-refractivity contribution is -0.143. The normalized spacial score (nSPS) is 22.6. The average molecular weight is 728 g/mol. The maximum Gasteiger partial charge on any atom is 0.455 e. The number of aromatic hydroxyl groups is 1. The lowest BCUT2D eigenvalue weighted by Crippen LogP contribution is -2.46. The number of anilines is 1. The number of allylic oxidation sites excluding steroid dienone is 1. The van der Waals surface area contributed by atoms with Gasteiger partial charge in [0, 0.05) is 13.3 Å². The van der Waals surface area contributed by atoms with E-state index in [4.69, 9.17) is 9.39 Å². The molecule has 6 rings (SSSR count). The minimum atomic E-state index is -5.19. The molecule has 0 unspecified atom stereocenters. The van der Waals surface area contributed by atoms with Crippen molar-refractivity contribution in [3.8, 4) is 5.75 Å². The summed E-state index contributed by atoms with van der Waals surface area (Å²) in [4.78, 5) is 32.8. The number of hydrogen-bond acceptors (Lipinski definition) is 7. The number of imide groups is 1. The number of fused-ring (bicyclic) bond motifs is 3. The summed E-state index contributed by atoms with van der Waals surface area (Å²) in [7, 11) is 0.0503. The molecule has 15 heteroatoms. The van der Waals surface area contributed by atoms with E-state index in [-0.39, 0.29) is 37.6 Å². The summed E-state index contributed by atoms with van der Waals surface area (Å²) in [5.74, 6) is -4.76. The van der Waals surface area contributed by atoms with E-state index in [2.05, 4.69) is 4.98 Å². The second-order valence-electron chi connectivity index (χ2n) is 13.5. The van der Waals surface area contributed by atoms with Gasteiger partial charge >= 0.3 is 19.5 Å². The fourth-order valence-electron chi connectivity index (χ4n) is 7.78. The third kappa shape index (κ3) is 7.26.